The molecule has 0 fully saturated rings. The number of thiazole rings is 1. The third-order valence-electron chi connectivity index (χ3n) is 3.64. The van der Waals surface area contributed by atoms with Crippen molar-refractivity contribution in [3.63, 3.8) is 0 Å². The van der Waals surface area contributed by atoms with E-state index < -0.39 is 0 Å². The quantitative estimate of drug-likeness (QED) is 0.872. The highest BCUT2D eigenvalue weighted by molar-refractivity contribution is 7.15. The van der Waals surface area contributed by atoms with Gasteiger partial charge in [0.05, 0.1) is 18.8 Å². The van der Waals surface area contributed by atoms with Crippen LogP contribution in [0.5, 0.6) is 0 Å². The summed E-state index contributed by atoms with van der Waals surface area (Å²) in [5, 5.41) is 0.699. The van der Waals surface area contributed by atoms with Crippen LogP contribution in [-0.2, 0) is 17.8 Å². The first-order valence-corrected chi connectivity index (χ1v) is 8.02. The van der Waals surface area contributed by atoms with Crippen LogP contribution in [0.4, 0.5) is 4.39 Å². The predicted octanol–water partition coefficient (Wildman–Crippen LogP) is 2.40. The number of amides is 1. The molecule has 0 N–H and O–H groups in total. The SMILES string of the molecule is CN(C)CC(=O)N1CCc2nc(-c3ccccc3F)sc2C1. The molecule has 1 aromatic heterocycles. The van der Waals surface area contributed by atoms with E-state index in [1.165, 1.54) is 17.4 Å². The molecule has 0 radical (unpaired) electrons. The van der Waals surface area contributed by atoms with Crippen molar-refractivity contribution in [3.8, 4) is 10.6 Å². The van der Waals surface area contributed by atoms with Crippen molar-refractivity contribution in [2.45, 2.75) is 13.0 Å². The van der Waals surface area contributed by atoms with Gasteiger partial charge in [0.25, 0.3) is 0 Å². The van der Waals surface area contributed by atoms with E-state index >= 15 is 0 Å². The summed E-state index contributed by atoms with van der Waals surface area (Å²) in [5.74, 6) is -0.134. The monoisotopic (exact) mass is 319 g/mol. The Bertz CT molecular complexity index is 698. The van der Waals surface area contributed by atoms with Crippen molar-refractivity contribution in [1.82, 2.24) is 14.8 Å². The van der Waals surface area contributed by atoms with Crippen LogP contribution in [-0.4, -0.2) is 47.9 Å². The fourth-order valence-corrected chi connectivity index (χ4v) is 3.68. The van der Waals surface area contributed by atoms with Gasteiger partial charge in [0.15, 0.2) is 0 Å². The highest BCUT2D eigenvalue weighted by atomic mass is 32.1. The first-order chi connectivity index (χ1) is 10.5. The van der Waals surface area contributed by atoms with Gasteiger partial charge in [0, 0.05) is 23.4 Å². The van der Waals surface area contributed by atoms with Crippen LogP contribution in [0.3, 0.4) is 0 Å². The molecule has 1 aromatic carbocycles. The molecule has 22 heavy (non-hydrogen) atoms. The van der Waals surface area contributed by atoms with Crippen LogP contribution < -0.4 is 0 Å². The number of likely N-dealkylation sites (N-methyl/N-ethyl adjacent to an activating group) is 1. The molecular formula is C16H18FN3OS. The van der Waals surface area contributed by atoms with Gasteiger partial charge in [-0.1, -0.05) is 12.1 Å². The molecular weight excluding hydrogens is 301 g/mol. The topological polar surface area (TPSA) is 36.4 Å². The molecule has 0 spiro atoms. The van der Waals surface area contributed by atoms with E-state index in [4.69, 9.17) is 0 Å². The van der Waals surface area contributed by atoms with Crippen LogP contribution >= 0.6 is 11.3 Å². The molecule has 6 heteroatoms. The van der Waals surface area contributed by atoms with E-state index in [0.717, 1.165) is 17.0 Å². The fraction of sp³-hybridized carbons (Fsp3) is 0.375. The Labute approximate surface area is 133 Å². The second-order valence-electron chi connectivity index (χ2n) is 5.67. The zero-order valence-electron chi connectivity index (χ0n) is 12.7. The highest BCUT2D eigenvalue weighted by Crippen LogP contribution is 2.32. The lowest BCUT2D eigenvalue weighted by Crippen LogP contribution is -2.40. The van der Waals surface area contributed by atoms with Gasteiger partial charge in [0.1, 0.15) is 10.8 Å². The molecule has 0 saturated carbocycles. The first kappa shape index (κ1) is 15.1. The third-order valence-corrected chi connectivity index (χ3v) is 4.76. The second kappa shape index (κ2) is 6.14. The normalized spacial score (nSPS) is 14.3. The Morgan fingerprint density at radius 3 is 2.91 bits per heavy atom. The maximum absolute atomic E-state index is 13.9. The number of halogens is 1. The van der Waals surface area contributed by atoms with Gasteiger partial charge in [-0.3, -0.25) is 4.79 Å². The van der Waals surface area contributed by atoms with Gasteiger partial charge in [-0.25, -0.2) is 9.37 Å². The zero-order chi connectivity index (χ0) is 15.7. The number of aromatic nitrogens is 1. The van der Waals surface area contributed by atoms with E-state index in [2.05, 4.69) is 4.98 Å². The molecule has 0 unspecified atom stereocenters. The molecule has 0 bridgehead atoms. The minimum atomic E-state index is -0.255. The van der Waals surface area contributed by atoms with Crippen LogP contribution in [0.25, 0.3) is 10.6 Å². The van der Waals surface area contributed by atoms with E-state index in [9.17, 15) is 9.18 Å². The van der Waals surface area contributed by atoms with E-state index in [0.29, 0.717) is 30.2 Å². The van der Waals surface area contributed by atoms with E-state index in [1.807, 2.05) is 30.0 Å². The van der Waals surface area contributed by atoms with Crippen molar-refractivity contribution < 1.29 is 9.18 Å². The van der Waals surface area contributed by atoms with Crippen molar-refractivity contribution in [2.24, 2.45) is 0 Å². The van der Waals surface area contributed by atoms with Crippen LogP contribution in [0.2, 0.25) is 0 Å². The molecule has 1 aliphatic rings. The number of benzene rings is 1. The smallest absolute Gasteiger partial charge is 0.237 e. The Balaban J connectivity index is 1.82. The molecule has 2 aromatic rings. The van der Waals surface area contributed by atoms with Crippen LogP contribution in [0, 0.1) is 5.82 Å². The van der Waals surface area contributed by atoms with Crippen molar-refractivity contribution >= 4 is 17.2 Å². The fourth-order valence-electron chi connectivity index (χ4n) is 2.53. The molecule has 1 aliphatic heterocycles. The second-order valence-corrected chi connectivity index (χ2v) is 6.76. The van der Waals surface area contributed by atoms with Crippen molar-refractivity contribution in [2.75, 3.05) is 27.2 Å². The van der Waals surface area contributed by atoms with Gasteiger partial charge in [-0.2, -0.15) is 0 Å². The number of carbonyl (C=O) groups excluding carboxylic acids is 1. The summed E-state index contributed by atoms with van der Waals surface area (Å²) >= 11 is 1.48. The summed E-state index contributed by atoms with van der Waals surface area (Å²) < 4.78 is 13.9. The molecule has 3 rings (SSSR count). The van der Waals surface area contributed by atoms with E-state index in [1.54, 1.807) is 12.1 Å². The average molecular weight is 319 g/mol. The molecule has 0 aliphatic carbocycles. The summed E-state index contributed by atoms with van der Waals surface area (Å²) in [5.41, 5.74) is 1.53. The Hall–Kier alpha value is -1.79. The van der Waals surface area contributed by atoms with Gasteiger partial charge in [-0.05, 0) is 26.2 Å². The van der Waals surface area contributed by atoms with Crippen LogP contribution in [0.1, 0.15) is 10.6 Å². The lowest BCUT2D eigenvalue weighted by molar-refractivity contribution is -0.132. The number of rotatable bonds is 3. The number of fused-ring (bicyclic) bond motifs is 1. The zero-order valence-corrected chi connectivity index (χ0v) is 13.5. The van der Waals surface area contributed by atoms with Crippen molar-refractivity contribution in [3.05, 3.63) is 40.7 Å². The highest BCUT2D eigenvalue weighted by Gasteiger charge is 2.25. The average Bonchev–Trinajstić information content (AvgIpc) is 2.89. The summed E-state index contributed by atoms with van der Waals surface area (Å²) in [6.45, 7) is 1.67. The number of nitrogens with zero attached hydrogens (tertiary/aromatic N) is 3. The summed E-state index contributed by atoms with van der Waals surface area (Å²) in [7, 11) is 3.77. The Morgan fingerprint density at radius 2 is 2.18 bits per heavy atom. The number of hydrogen-bond acceptors (Lipinski definition) is 4. The minimum Gasteiger partial charge on any atom is -0.336 e. The minimum absolute atomic E-state index is 0.122. The standard InChI is InChI=1S/C16H18FN3OS/c1-19(2)10-15(21)20-8-7-13-14(9-20)22-16(18-13)11-5-3-4-6-12(11)17/h3-6H,7-10H2,1-2H3. The van der Waals surface area contributed by atoms with Gasteiger partial charge < -0.3 is 9.80 Å². The van der Waals surface area contributed by atoms with Gasteiger partial charge in [0.2, 0.25) is 5.91 Å². The Kier molecular flexibility index (Phi) is 4.22. The maximum atomic E-state index is 13.9. The van der Waals surface area contributed by atoms with E-state index in [-0.39, 0.29) is 11.7 Å². The lowest BCUT2D eigenvalue weighted by atomic mass is 10.1. The summed E-state index contributed by atoms with van der Waals surface area (Å²) in [6.07, 6.45) is 0.736. The lowest BCUT2D eigenvalue weighted by Gasteiger charge is -2.27. The predicted molar refractivity (Wildman–Crippen MR) is 85.2 cm³/mol. The van der Waals surface area contributed by atoms with Gasteiger partial charge in [-0.15, -0.1) is 11.3 Å². The molecule has 0 atom stereocenters. The largest absolute Gasteiger partial charge is 0.336 e. The molecule has 0 saturated heterocycles. The molecule has 4 nitrogen and oxygen atoms in total. The Morgan fingerprint density at radius 1 is 1.41 bits per heavy atom. The first-order valence-electron chi connectivity index (χ1n) is 7.20. The molecule has 1 amide bonds. The van der Waals surface area contributed by atoms with Crippen molar-refractivity contribution in [1.29, 1.82) is 0 Å². The third kappa shape index (κ3) is 3.03. The summed E-state index contributed by atoms with van der Waals surface area (Å²) in [6, 6.07) is 6.68. The molecule has 2 heterocycles. The van der Waals surface area contributed by atoms with Crippen LogP contribution in [0.15, 0.2) is 24.3 Å². The summed E-state index contributed by atoms with van der Waals surface area (Å²) in [4.78, 5) is 21.5. The van der Waals surface area contributed by atoms with Gasteiger partial charge >= 0.3 is 0 Å². The number of carbonyl (C=O) groups is 1. The number of hydrogen-bond donors (Lipinski definition) is 0. The maximum Gasteiger partial charge on any atom is 0.237 e. The molecule has 116 valence electrons.